The summed E-state index contributed by atoms with van der Waals surface area (Å²) >= 11 is 12.0. The van der Waals surface area contributed by atoms with E-state index in [1.165, 1.54) is 0 Å². The van der Waals surface area contributed by atoms with Gasteiger partial charge in [-0.25, -0.2) is 4.98 Å². The average Bonchev–Trinajstić information content (AvgIpc) is 2.73. The third-order valence-corrected chi connectivity index (χ3v) is 5.96. The maximum Gasteiger partial charge on any atom is 0.251 e. The van der Waals surface area contributed by atoms with Crippen LogP contribution in [0.4, 0.5) is 11.8 Å². The van der Waals surface area contributed by atoms with Crippen LogP contribution >= 0.6 is 23.2 Å². The van der Waals surface area contributed by atoms with E-state index in [4.69, 9.17) is 33.2 Å². The number of halogens is 2. The topological polar surface area (TPSA) is 70.2 Å². The molecule has 1 aliphatic rings. The van der Waals surface area contributed by atoms with Crippen molar-refractivity contribution in [1.82, 2.24) is 15.3 Å². The van der Waals surface area contributed by atoms with Crippen molar-refractivity contribution in [2.75, 3.05) is 24.3 Å². The first-order chi connectivity index (χ1) is 14.9. The molecule has 0 saturated heterocycles. The Balaban J connectivity index is 1.38. The number of hydrogen-bond acceptors (Lipinski definition) is 5. The van der Waals surface area contributed by atoms with Crippen LogP contribution in [-0.4, -0.2) is 42.1 Å². The maximum absolute atomic E-state index is 12.5. The van der Waals surface area contributed by atoms with Crippen LogP contribution < -0.4 is 15.5 Å². The Morgan fingerprint density at radius 3 is 2.29 bits per heavy atom. The number of para-hydroxylation sites is 1. The zero-order valence-corrected chi connectivity index (χ0v) is 19.0. The predicted octanol–water partition coefficient (Wildman–Crippen LogP) is 5.16. The maximum atomic E-state index is 12.5. The molecule has 162 valence electrons. The van der Waals surface area contributed by atoms with Gasteiger partial charge < -0.3 is 15.5 Å². The van der Waals surface area contributed by atoms with Gasteiger partial charge in [0.25, 0.3) is 5.91 Å². The van der Waals surface area contributed by atoms with Gasteiger partial charge in [0.15, 0.2) is 0 Å². The van der Waals surface area contributed by atoms with E-state index < -0.39 is 0 Å². The van der Waals surface area contributed by atoms with Crippen LogP contribution in [-0.2, 0) is 0 Å². The van der Waals surface area contributed by atoms with E-state index in [1.807, 2.05) is 43.3 Å². The van der Waals surface area contributed by atoms with E-state index in [2.05, 4.69) is 10.6 Å². The lowest BCUT2D eigenvalue weighted by molar-refractivity contribution is 0.0926. The zero-order valence-electron chi connectivity index (χ0n) is 17.5. The normalized spacial score (nSPS) is 18.6. The van der Waals surface area contributed by atoms with E-state index >= 15 is 0 Å². The molecule has 2 aromatic carbocycles. The molecule has 1 amide bonds. The highest BCUT2D eigenvalue weighted by molar-refractivity contribution is 6.35. The molecule has 0 aliphatic heterocycles. The number of nitrogens with one attached hydrogen (secondary N) is 2. The minimum absolute atomic E-state index is 0.123. The molecular weight excluding hydrogens is 433 g/mol. The Kier molecular flexibility index (Phi) is 6.49. The lowest BCUT2D eigenvalue weighted by Crippen LogP contribution is -2.40. The average molecular weight is 458 g/mol. The molecule has 0 radical (unpaired) electrons. The zero-order chi connectivity index (χ0) is 22.0. The van der Waals surface area contributed by atoms with Crippen LogP contribution in [0.1, 0.15) is 36.0 Å². The summed E-state index contributed by atoms with van der Waals surface area (Å²) in [6.45, 7) is 0. The molecule has 1 aromatic heterocycles. The van der Waals surface area contributed by atoms with Gasteiger partial charge >= 0.3 is 0 Å². The summed E-state index contributed by atoms with van der Waals surface area (Å²) in [7, 11) is 3.97. The fourth-order valence-corrected chi connectivity index (χ4v) is 4.51. The molecule has 0 spiro atoms. The van der Waals surface area contributed by atoms with Crippen molar-refractivity contribution in [3.05, 3.63) is 58.1 Å². The number of hydrogen-bond donors (Lipinski definition) is 2. The van der Waals surface area contributed by atoms with Gasteiger partial charge in [0.2, 0.25) is 5.95 Å². The van der Waals surface area contributed by atoms with Crippen LogP contribution in [0.25, 0.3) is 10.9 Å². The number of carbonyl (C=O) groups excluding carboxylic acids is 1. The third-order valence-electron chi connectivity index (χ3n) is 5.53. The summed E-state index contributed by atoms with van der Waals surface area (Å²) in [6.07, 6.45) is 3.61. The van der Waals surface area contributed by atoms with Gasteiger partial charge in [-0.1, -0.05) is 35.3 Å². The highest BCUT2D eigenvalue weighted by atomic mass is 35.5. The molecule has 4 rings (SSSR count). The molecule has 0 unspecified atom stereocenters. The second kappa shape index (κ2) is 9.28. The van der Waals surface area contributed by atoms with Crippen LogP contribution in [0.5, 0.6) is 0 Å². The van der Waals surface area contributed by atoms with Gasteiger partial charge in [-0.3, -0.25) is 4.79 Å². The minimum Gasteiger partial charge on any atom is -0.362 e. The third kappa shape index (κ3) is 5.20. The SMILES string of the molecule is CN(C)c1nc(NC2CCC(NC(=O)c3cc(Cl)cc(Cl)c3)CC2)nc2ccccc12. The van der Waals surface area contributed by atoms with Gasteiger partial charge in [0.1, 0.15) is 5.82 Å². The Morgan fingerprint density at radius 2 is 1.61 bits per heavy atom. The molecule has 0 atom stereocenters. The van der Waals surface area contributed by atoms with E-state index in [0.717, 1.165) is 42.4 Å². The van der Waals surface area contributed by atoms with Crippen molar-refractivity contribution in [2.24, 2.45) is 0 Å². The summed E-state index contributed by atoms with van der Waals surface area (Å²) in [5.41, 5.74) is 1.41. The van der Waals surface area contributed by atoms with Crippen LogP contribution in [0.3, 0.4) is 0 Å². The lowest BCUT2D eigenvalue weighted by Gasteiger charge is -2.30. The minimum atomic E-state index is -0.144. The summed E-state index contributed by atoms with van der Waals surface area (Å²) in [6, 6.07) is 13.3. The van der Waals surface area contributed by atoms with Gasteiger partial charge in [-0.15, -0.1) is 0 Å². The number of aromatic nitrogens is 2. The highest BCUT2D eigenvalue weighted by Crippen LogP contribution is 2.27. The largest absolute Gasteiger partial charge is 0.362 e. The fourth-order valence-electron chi connectivity index (χ4n) is 3.98. The highest BCUT2D eigenvalue weighted by Gasteiger charge is 2.24. The number of nitrogens with zero attached hydrogens (tertiary/aromatic N) is 3. The van der Waals surface area contributed by atoms with Crippen molar-refractivity contribution < 1.29 is 4.79 Å². The van der Waals surface area contributed by atoms with Gasteiger partial charge in [-0.2, -0.15) is 4.98 Å². The van der Waals surface area contributed by atoms with Crippen molar-refractivity contribution in [1.29, 1.82) is 0 Å². The molecular formula is C23H25Cl2N5O. The van der Waals surface area contributed by atoms with Crippen molar-refractivity contribution in [3.8, 4) is 0 Å². The van der Waals surface area contributed by atoms with Crippen molar-refractivity contribution >= 4 is 51.8 Å². The molecule has 6 nitrogen and oxygen atoms in total. The van der Waals surface area contributed by atoms with E-state index in [9.17, 15) is 4.79 Å². The lowest BCUT2D eigenvalue weighted by atomic mass is 9.91. The number of benzene rings is 2. The second-order valence-electron chi connectivity index (χ2n) is 8.11. The Morgan fingerprint density at radius 1 is 0.968 bits per heavy atom. The standard InChI is InChI=1S/C23H25Cl2N5O/c1-30(2)21-19-5-3-4-6-20(19)28-23(29-21)27-18-9-7-17(8-10-18)26-22(31)14-11-15(24)13-16(25)12-14/h3-6,11-13,17-18H,7-10H2,1-2H3,(H,26,31)(H,27,28,29). The molecule has 0 bridgehead atoms. The van der Waals surface area contributed by atoms with Gasteiger partial charge in [0.05, 0.1) is 5.52 Å². The Bertz CT molecular complexity index is 1080. The molecule has 1 fully saturated rings. The summed E-state index contributed by atoms with van der Waals surface area (Å²) in [5, 5.41) is 8.54. The molecule has 2 N–H and O–H groups in total. The number of fused-ring (bicyclic) bond motifs is 1. The first-order valence-corrected chi connectivity index (χ1v) is 11.1. The summed E-state index contributed by atoms with van der Waals surface area (Å²) < 4.78 is 0. The smallest absolute Gasteiger partial charge is 0.251 e. The summed E-state index contributed by atoms with van der Waals surface area (Å²) in [5.74, 6) is 1.40. The van der Waals surface area contributed by atoms with E-state index in [1.54, 1.807) is 18.2 Å². The molecule has 1 aliphatic carbocycles. The first kappa shape index (κ1) is 21.7. The van der Waals surface area contributed by atoms with Crippen LogP contribution in [0.15, 0.2) is 42.5 Å². The first-order valence-electron chi connectivity index (χ1n) is 10.4. The van der Waals surface area contributed by atoms with Gasteiger partial charge in [0, 0.05) is 47.2 Å². The monoisotopic (exact) mass is 457 g/mol. The van der Waals surface area contributed by atoms with E-state index in [0.29, 0.717) is 21.6 Å². The van der Waals surface area contributed by atoms with Crippen LogP contribution in [0, 0.1) is 0 Å². The van der Waals surface area contributed by atoms with Crippen LogP contribution in [0.2, 0.25) is 10.0 Å². The summed E-state index contributed by atoms with van der Waals surface area (Å²) in [4.78, 5) is 24.0. The second-order valence-corrected chi connectivity index (χ2v) is 8.98. The van der Waals surface area contributed by atoms with Crippen molar-refractivity contribution in [2.45, 2.75) is 37.8 Å². The van der Waals surface area contributed by atoms with Crippen molar-refractivity contribution in [3.63, 3.8) is 0 Å². The molecule has 1 saturated carbocycles. The quantitative estimate of drug-likeness (QED) is 0.553. The number of rotatable bonds is 5. The van der Waals surface area contributed by atoms with E-state index in [-0.39, 0.29) is 18.0 Å². The Labute approximate surface area is 192 Å². The molecule has 8 heteroatoms. The number of amides is 1. The van der Waals surface area contributed by atoms with Gasteiger partial charge in [-0.05, 0) is 56.0 Å². The molecule has 1 heterocycles. The molecule has 31 heavy (non-hydrogen) atoms. The number of anilines is 2. The fraction of sp³-hybridized carbons (Fsp3) is 0.348. The number of carbonyl (C=O) groups is 1. The molecule has 3 aromatic rings. The predicted molar refractivity (Wildman–Crippen MR) is 127 cm³/mol. The Hall–Kier alpha value is -2.57.